The Morgan fingerprint density at radius 1 is 1.28 bits per heavy atom. The van der Waals surface area contributed by atoms with Crippen LogP contribution in [0.5, 0.6) is 0 Å². The lowest BCUT2D eigenvalue weighted by atomic mass is 9.95. The van der Waals surface area contributed by atoms with Gasteiger partial charge < -0.3 is 5.32 Å². The maximum absolute atomic E-state index is 12.5. The predicted molar refractivity (Wildman–Crippen MR) is 94.6 cm³/mol. The van der Waals surface area contributed by atoms with Crippen molar-refractivity contribution in [1.29, 1.82) is 0 Å². The van der Waals surface area contributed by atoms with Gasteiger partial charge in [-0.15, -0.1) is 10.2 Å². The fraction of sp³-hybridized carbons (Fsp3) is 0.350. The molecule has 0 bridgehead atoms. The molecular formula is C20H20N4O. The Balaban J connectivity index is 1.29. The third kappa shape index (κ3) is 2.18. The van der Waals surface area contributed by atoms with E-state index in [0.717, 1.165) is 18.0 Å². The summed E-state index contributed by atoms with van der Waals surface area (Å²) in [5.74, 6) is 1.32. The Morgan fingerprint density at radius 2 is 2.16 bits per heavy atom. The smallest absolute Gasteiger partial charge is 0.252 e. The monoisotopic (exact) mass is 332 g/mol. The summed E-state index contributed by atoms with van der Waals surface area (Å²) >= 11 is 0. The van der Waals surface area contributed by atoms with Crippen molar-refractivity contribution in [3.63, 3.8) is 0 Å². The van der Waals surface area contributed by atoms with Crippen molar-refractivity contribution in [3.05, 3.63) is 65.1 Å². The highest BCUT2D eigenvalue weighted by molar-refractivity contribution is 5.94. The Morgan fingerprint density at radius 3 is 3.08 bits per heavy atom. The molecule has 2 aliphatic rings. The number of benzene rings is 1. The highest BCUT2D eigenvalue weighted by Crippen LogP contribution is 2.61. The van der Waals surface area contributed by atoms with E-state index in [1.165, 1.54) is 30.4 Å². The van der Waals surface area contributed by atoms with Crippen LogP contribution in [0.25, 0.3) is 5.65 Å². The molecule has 1 N–H and O–H groups in total. The zero-order valence-electron chi connectivity index (χ0n) is 14.2. The van der Waals surface area contributed by atoms with Crippen LogP contribution in [0.2, 0.25) is 0 Å². The number of amides is 1. The number of nitrogens with one attached hydrogen (secondary N) is 1. The number of rotatable bonds is 3. The molecule has 1 amide bonds. The molecule has 0 aliphatic heterocycles. The minimum Gasteiger partial charge on any atom is -0.352 e. The minimum absolute atomic E-state index is 0.0247. The van der Waals surface area contributed by atoms with Gasteiger partial charge in [-0.3, -0.25) is 9.20 Å². The third-order valence-corrected chi connectivity index (χ3v) is 5.97. The third-order valence-electron chi connectivity index (χ3n) is 5.97. The SMILES string of the molecule is Cc1nnc2ccc(C(=O)NC[C@H]3C[C@]34CCc3ccccc34)cn12. The maximum atomic E-state index is 12.5. The Labute approximate surface area is 146 Å². The van der Waals surface area contributed by atoms with Crippen LogP contribution in [-0.2, 0) is 11.8 Å². The maximum Gasteiger partial charge on any atom is 0.252 e. The van der Waals surface area contributed by atoms with Gasteiger partial charge in [0, 0.05) is 18.2 Å². The van der Waals surface area contributed by atoms with Crippen molar-refractivity contribution in [2.45, 2.75) is 31.6 Å². The summed E-state index contributed by atoms with van der Waals surface area (Å²) in [5, 5.41) is 11.2. The molecule has 3 aromatic rings. The van der Waals surface area contributed by atoms with Crippen LogP contribution in [-0.4, -0.2) is 27.0 Å². The second-order valence-corrected chi connectivity index (χ2v) is 7.32. The number of hydrogen-bond donors (Lipinski definition) is 1. The zero-order chi connectivity index (χ0) is 17.0. The zero-order valence-corrected chi connectivity index (χ0v) is 14.2. The Kier molecular flexibility index (Phi) is 3.02. The van der Waals surface area contributed by atoms with E-state index in [2.05, 4.69) is 39.8 Å². The molecule has 2 aliphatic carbocycles. The number of pyridine rings is 1. The molecule has 126 valence electrons. The lowest BCUT2D eigenvalue weighted by Crippen LogP contribution is -2.27. The minimum atomic E-state index is -0.0247. The molecule has 2 aromatic heterocycles. The van der Waals surface area contributed by atoms with Crippen molar-refractivity contribution in [2.24, 2.45) is 5.92 Å². The number of fused-ring (bicyclic) bond motifs is 3. The largest absolute Gasteiger partial charge is 0.352 e. The van der Waals surface area contributed by atoms with E-state index in [1.807, 2.05) is 29.7 Å². The van der Waals surface area contributed by atoms with Gasteiger partial charge in [0.1, 0.15) is 5.82 Å². The quantitative estimate of drug-likeness (QED) is 0.802. The first-order valence-corrected chi connectivity index (χ1v) is 8.85. The lowest BCUT2D eigenvalue weighted by molar-refractivity contribution is 0.0950. The summed E-state index contributed by atoms with van der Waals surface area (Å²) < 4.78 is 1.85. The molecular weight excluding hydrogens is 312 g/mol. The highest BCUT2D eigenvalue weighted by Gasteiger charge is 2.57. The van der Waals surface area contributed by atoms with Crippen molar-refractivity contribution in [3.8, 4) is 0 Å². The molecule has 5 rings (SSSR count). The predicted octanol–water partition coefficient (Wildman–Crippen LogP) is 2.67. The van der Waals surface area contributed by atoms with Gasteiger partial charge in [0.25, 0.3) is 5.91 Å². The van der Waals surface area contributed by atoms with Gasteiger partial charge in [-0.05, 0) is 55.4 Å². The van der Waals surface area contributed by atoms with Gasteiger partial charge in [0.05, 0.1) is 5.56 Å². The molecule has 1 fully saturated rings. The highest BCUT2D eigenvalue weighted by atomic mass is 16.1. The molecule has 1 saturated carbocycles. The van der Waals surface area contributed by atoms with E-state index >= 15 is 0 Å². The van der Waals surface area contributed by atoms with Gasteiger partial charge >= 0.3 is 0 Å². The summed E-state index contributed by atoms with van der Waals surface area (Å²) in [6.07, 6.45) is 5.39. The van der Waals surface area contributed by atoms with E-state index in [4.69, 9.17) is 0 Å². The number of carbonyl (C=O) groups is 1. The van der Waals surface area contributed by atoms with Crippen LogP contribution in [0.4, 0.5) is 0 Å². The normalized spacial score (nSPS) is 23.8. The van der Waals surface area contributed by atoms with E-state index < -0.39 is 0 Å². The van der Waals surface area contributed by atoms with E-state index in [-0.39, 0.29) is 5.91 Å². The van der Waals surface area contributed by atoms with Crippen LogP contribution in [0.15, 0.2) is 42.6 Å². The molecule has 0 unspecified atom stereocenters. The molecule has 0 saturated heterocycles. The first-order chi connectivity index (χ1) is 12.2. The van der Waals surface area contributed by atoms with E-state index in [0.29, 0.717) is 16.9 Å². The van der Waals surface area contributed by atoms with Crippen molar-refractivity contribution < 1.29 is 4.79 Å². The summed E-state index contributed by atoms with van der Waals surface area (Å²) in [6, 6.07) is 12.4. The average molecular weight is 332 g/mol. The van der Waals surface area contributed by atoms with Crippen LogP contribution < -0.4 is 5.32 Å². The number of carbonyl (C=O) groups excluding carboxylic acids is 1. The second-order valence-electron chi connectivity index (χ2n) is 7.32. The number of hydrogen-bond acceptors (Lipinski definition) is 3. The van der Waals surface area contributed by atoms with E-state index in [9.17, 15) is 4.79 Å². The van der Waals surface area contributed by atoms with Gasteiger partial charge in [0.2, 0.25) is 0 Å². The van der Waals surface area contributed by atoms with Gasteiger partial charge in [-0.25, -0.2) is 0 Å². The van der Waals surface area contributed by atoms with Crippen molar-refractivity contribution >= 4 is 11.6 Å². The summed E-state index contributed by atoms with van der Waals surface area (Å²) in [4.78, 5) is 12.5. The second kappa shape index (κ2) is 5.15. The Bertz CT molecular complexity index is 992. The average Bonchev–Trinajstić information content (AvgIpc) is 3.04. The van der Waals surface area contributed by atoms with Crippen LogP contribution in [0.3, 0.4) is 0 Å². The van der Waals surface area contributed by atoms with Crippen LogP contribution in [0, 0.1) is 12.8 Å². The standard InChI is InChI=1S/C20H20N4O/c1-13-22-23-18-7-6-15(12-24(13)18)19(25)21-11-16-10-20(16)9-8-14-4-2-3-5-17(14)20/h2-7,12,16H,8-11H2,1H3,(H,21,25)/t16-,20-/m1/s1. The molecule has 5 nitrogen and oxygen atoms in total. The molecule has 25 heavy (non-hydrogen) atoms. The summed E-state index contributed by atoms with van der Waals surface area (Å²) in [5.41, 5.74) is 4.73. The molecule has 2 atom stereocenters. The summed E-state index contributed by atoms with van der Waals surface area (Å²) in [7, 11) is 0. The first kappa shape index (κ1) is 14.6. The van der Waals surface area contributed by atoms with Gasteiger partial charge in [0.15, 0.2) is 5.65 Å². The lowest BCUT2D eigenvalue weighted by Gasteiger charge is -2.12. The number of nitrogens with zero attached hydrogens (tertiary/aromatic N) is 3. The van der Waals surface area contributed by atoms with Crippen LogP contribution >= 0.6 is 0 Å². The Hall–Kier alpha value is -2.69. The fourth-order valence-electron chi connectivity index (χ4n) is 4.46. The number of aryl methyl sites for hydroxylation is 2. The number of aromatic nitrogens is 3. The van der Waals surface area contributed by atoms with Gasteiger partial charge in [-0.1, -0.05) is 24.3 Å². The molecule has 1 aromatic carbocycles. The van der Waals surface area contributed by atoms with Crippen molar-refractivity contribution in [1.82, 2.24) is 19.9 Å². The molecule has 2 heterocycles. The molecule has 1 spiro atoms. The topological polar surface area (TPSA) is 59.3 Å². The van der Waals surface area contributed by atoms with Crippen LogP contribution in [0.1, 0.15) is 40.2 Å². The molecule has 0 radical (unpaired) electrons. The van der Waals surface area contributed by atoms with E-state index in [1.54, 1.807) is 0 Å². The summed E-state index contributed by atoms with van der Waals surface area (Å²) in [6.45, 7) is 2.62. The molecule has 5 heteroatoms. The van der Waals surface area contributed by atoms with Gasteiger partial charge in [-0.2, -0.15) is 0 Å². The first-order valence-electron chi connectivity index (χ1n) is 8.85. The van der Waals surface area contributed by atoms with Crippen molar-refractivity contribution in [2.75, 3.05) is 6.54 Å². The fourth-order valence-corrected chi connectivity index (χ4v) is 4.46.